The van der Waals surface area contributed by atoms with E-state index in [4.69, 9.17) is 0 Å². The van der Waals surface area contributed by atoms with Gasteiger partial charge in [-0.15, -0.1) is 0 Å². The van der Waals surface area contributed by atoms with E-state index in [1.54, 1.807) is 0 Å². The number of aromatic amines is 1. The molecule has 1 N–H and O–H groups in total. The number of piperidine rings is 1. The first-order valence-corrected chi connectivity index (χ1v) is 8.68. The Morgan fingerprint density at radius 3 is 2.67 bits per heavy atom. The van der Waals surface area contributed by atoms with Gasteiger partial charge in [0.1, 0.15) is 0 Å². The average Bonchev–Trinajstić information content (AvgIpc) is 3.06. The van der Waals surface area contributed by atoms with Gasteiger partial charge in [-0.3, -0.25) is 4.79 Å². The van der Waals surface area contributed by atoms with Crippen LogP contribution in [0.1, 0.15) is 46.9 Å². The number of nitrogens with zero attached hydrogens (tertiary/aromatic N) is 1. The highest BCUT2D eigenvalue weighted by Gasteiger charge is 2.29. The van der Waals surface area contributed by atoms with E-state index < -0.39 is 0 Å². The second-order valence-electron chi connectivity index (χ2n) is 6.69. The van der Waals surface area contributed by atoms with Crippen LogP contribution in [-0.2, 0) is 0 Å². The van der Waals surface area contributed by atoms with Gasteiger partial charge in [-0.05, 0) is 55.8 Å². The molecule has 24 heavy (non-hydrogen) atoms. The van der Waals surface area contributed by atoms with Gasteiger partial charge in [0.05, 0.1) is 6.04 Å². The van der Waals surface area contributed by atoms with Crippen molar-refractivity contribution in [3.63, 3.8) is 0 Å². The molecular formula is C21H22N2O. The zero-order chi connectivity index (χ0) is 16.5. The number of carbonyl (C=O) groups excluding carboxylic acids is 1. The Labute approximate surface area is 142 Å². The van der Waals surface area contributed by atoms with E-state index in [0.29, 0.717) is 0 Å². The molecule has 1 aromatic heterocycles. The third kappa shape index (κ3) is 2.71. The van der Waals surface area contributed by atoms with Crippen LogP contribution in [0.3, 0.4) is 0 Å². The summed E-state index contributed by atoms with van der Waals surface area (Å²) in [4.78, 5) is 18.6. The molecule has 1 unspecified atom stereocenters. The maximum atomic E-state index is 13.0. The molecule has 1 aliphatic rings. The molecule has 0 bridgehead atoms. The lowest BCUT2D eigenvalue weighted by Gasteiger charge is -2.35. The van der Waals surface area contributed by atoms with Crippen LogP contribution < -0.4 is 0 Å². The lowest BCUT2D eigenvalue weighted by Crippen LogP contribution is -2.38. The molecule has 2 aromatic carbocycles. The van der Waals surface area contributed by atoms with Crippen molar-refractivity contribution in [2.24, 2.45) is 0 Å². The molecule has 0 radical (unpaired) electrons. The second-order valence-corrected chi connectivity index (χ2v) is 6.69. The van der Waals surface area contributed by atoms with Gasteiger partial charge in [-0.2, -0.15) is 0 Å². The molecule has 1 atom stereocenters. The predicted molar refractivity (Wildman–Crippen MR) is 97.1 cm³/mol. The Hall–Kier alpha value is -2.55. The SMILES string of the molecule is Cc1ccc(C(=O)N2CCCCC2c2cc3ccccc3[nH]2)cc1. The number of carbonyl (C=O) groups is 1. The summed E-state index contributed by atoms with van der Waals surface area (Å²) in [5.41, 5.74) is 4.25. The Morgan fingerprint density at radius 1 is 1.08 bits per heavy atom. The van der Waals surface area contributed by atoms with Crippen molar-refractivity contribution >= 4 is 16.8 Å². The molecule has 1 amide bonds. The molecular weight excluding hydrogens is 296 g/mol. The fourth-order valence-electron chi connectivity index (χ4n) is 3.64. The Balaban J connectivity index is 1.67. The minimum absolute atomic E-state index is 0.137. The van der Waals surface area contributed by atoms with Crippen LogP contribution in [0.2, 0.25) is 0 Å². The van der Waals surface area contributed by atoms with E-state index in [-0.39, 0.29) is 11.9 Å². The topological polar surface area (TPSA) is 36.1 Å². The maximum absolute atomic E-state index is 13.0. The van der Waals surface area contributed by atoms with Gasteiger partial charge in [-0.25, -0.2) is 0 Å². The third-order valence-corrected chi connectivity index (χ3v) is 4.97. The summed E-state index contributed by atoms with van der Waals surface area (Å²) < 4.78 is 0. The molecule has 4 rings (SSSR count). The highest BCUT2D eigenvalue weighted by atomic mass is 16.2. The summed E-state index contributed by atoms with van der Waals surface area (Å²) in [5, 5.41) is 1.21. The molecule has 2 heterocycles. The van der Waals surface area contributed by atoms with E-state index in [1.165, 1.54) is 10.9 Å². The van der Waals surface area contributed by atoms with Gasteiger partial charge < -0.3 is 9.88 Å². The Kier molecular flexibility index (Phi) is 3.85. The van der Waals surface area contributed by atoms with Crippen molar-refractivity contribution < 1.29 is 4.79 Å². The predicted octanol–water partition coefficient (Wildman–Crippen LogP) is 4.84. The zero-order valence-electron chi connectivity index (χ0n) is 14.0. The third-order valence-electron chi connectivity index (χ3n) is 4.97. The van der Waals surface area contributed by atoms with Crippen molar-refractivity contribution in [2.75, 3.05) is 6.54 Å². The molecule has 1 fully saturated rings. The van der Waals surface area contributed by atoms with Crippen molar-refractivity contribution in [3.05, 3.63) is 71.4 Å². The first-order chi connectivity index (χ1) is 11.7. The number of hydrogen-bond donors (Lipinski definition) is 1. The number of H-pyrrole nitrogens is 1. The maximum Gasteiger partial charge on any atom is 0.254 e. The molecule has 3 nitrogen and oxygen atoms in total. The van der Waals surface area contributed by atoms with Gasteiger partial charge >= 0.3 is 0 Å². The second kappa shape index (κ2) is 6.16. The number of aromatic nitrogens is 1. The quantitative estimate of drug-likeness (QED) is 0.721. The molecule has 1 saturated heterocycles. The van der Waals surface area contributed by atoms with Gasteiger partial charge in [0.25, 0.3) is 5.91 Å². The monoisotopic (exact) mass is 318 g/mol. The molecule has 3 heteroatoms. The summed E-state index contributed by atoms with van der Waals surface area (Å²) in [6.45, 7) is 2.87. The number of hydrogen-bond acceptors (Lipinski definition) is 1. The first-order valence-electron chi connectivity index (χ1n) is 8.68. The molecule has 1 aliphatic heterocycles. The Morgan fingerprint density at radius 2 is 1.88 bits per heavy atom. The van der Waals surface area contributed by atoms with Crippen LogP contribution in [0.15, 0.2) is 54.6 Å². The average molecular weight is 318 g/mol. The van der Waals surface area contributed by atoms with Gasteiger partial charge in [0, 0.05) is 23.3 Å². The van der Waals surface area contributed by atoms with Crippen molar-refractivity contribution in [1.29, 1.82) is 0 Å². The van der Waals surface area contributed by atoms with Crippen LogP contribution >= 0.6 is 0 Å². The molecule has 3 aromatic rings. The van der Waals surface area contributed by atoms with Crippen LogP contribution in [0, 0.1) is 6.92 Å². The number of amides is 1. The van der Waals surface area contributed by atoms with Crippen LogP contribution in [0.25, 0.3) is 10.9 Å². The van der Waals surface area contributed by atoms with Crippen LogP contribution in [0.4, 0.5) is 0 Å². The van der Waals surface area contributed by atoms with Crippen LogP contribution in [-0.4, -0.2) is 22.3 Å². The summed E-state index contributed by atoms with van der Waals surface area (Å²) in [6, 6.07) is 18.5. The number of para-hydroxylation sites is 1. The van der Waals surface area contributed by atoms with Crippen molar-refractivity contribution in [2.45, 2.75) is 32.2 Å². The standard InChI is InChI=1S/C21H22N2O/c1-15-9-11-16(12-10-15)21(24)23-13-5-4-8-20(23)19-14-17-6-2-3-7-18(17)22-19/h2-3,6-7,9-12,14,20,22H,4-5,8,13H2,1H3. The fraction of sp³-hybridized carbons (Fsp3) is 0.286. The van der Waals surface area contributed by atoms with Crippen molar-refractivity contribution in [3.8, 4) is 0 Å². The molecule has 0 saturated carbocycles. The normalized spacial score (nSPS) is 18.0. The van der Waals surface area contributed by atoms with E-state index in [1.807, 2.05) is 42.2 Å². The molecule has 0 aliphatic carbocycles. The van der Waals surface area contributed by atoms with E-state index in [0.717, 1.165) is 42.6 Å². The summed E-state index contributed by atoms with van der Waals surface area (Å²) >= 11 is 0. The van der Waals surface area contributed by atoms with Crippen LogP contribution in [0.5, 0.6) is 0 Å². The van der Waals surface area contributed by atoms with Gasteiger partial charge in [0.2, 0.25) is 0 Å². The first kappa shape index (κ1) is 15.0. The number of rotatable bonds is 2. The van der Waals surface area contributed by atoms with E-state index in [2.05, 4.69) is 29.2 Å². The number of fused-ring (bicyclic) bond motifs is 1. The lowest BCUT2D eigenvalue weighted by molar-refractivity contribution is 0.0607. The Bertz CT molecular complexity index is 830. The largest absolute Gasteiger partial charge is 0.357 e. The van der Waals surface area contributed by atoms with Gasteiger partial charge in [-0.1, -0.05) is 35.9 Å². The number of likely N-dealkylation sites (tertiary alicyclic amines) is 1. The van der Waals surface area contributed by atoms with E-state index in [9.17, 15) is 4.79 Å². The van der Waals surface area contributed by atoms with Crippen molar-refractivity contribution in [1.82, 2.24) is 9.88 Å². The zero-order valence-corrected chi connectivity index (χ0v) is 14.0. The van der Waals surface area contributed by atoms with E-state index >= 15 is 0 Å². The minimum atomic E-state index is 0.137. The summed E-state index contributed by atoms with van der Waals surface area (Å²) in [5.74, 6) is 0.137. The van der Waals surface area contributed by atoms with Gasteiger partial charge in [0.15, 0.2) is 0 Å². The molecule has 0 spiro atoms. The molecule has 122 valence electrons. The highest BCUT2D eigenvalue weighted by molar-refractivity contribution is 5.94. The smallest absolute Gasteiger partial charge is 0.254 e. The fourth-order valence-corrected chi connectivity index (χ4v) is 3.64. The number of benzene rings is 2. The minimum Gasteiger partial charge on any atom is -0.357 e. The summed E-state index contributed by atoms with van der Waals surface area (Å²) in [6.07, 6.45) is 3.26. The summed E-state index contributed by atoms with van der Waals surface area (Å²) in [7, 11) is 0. The number of nitrogens with one attached hydrogen (secondary N) is 1. The lowest BCUT2D eigenvalue weighted by atomic mass is 9.98. The highest BCUT2D eigenvalue weighted by Crippen LogP contribution is 2.33. The number of aryl methyl sites for hydroxylation is 1.